The monoisotopic (exact) mass is 759 g/mol. The summed E-state index contributed by atoms with van der Waals surface area (Å²) in [6, 6.07) is 29.6. The van der Waals surface area contributed by atoms with E-state index in [4.69, 9.17) is 4.98 Å². The van der Waals surface area contributed by atoms with Crippen LogP contribution >= 0.6 is 0 Å². The fraction of sp³-hybridized carbons (Fsp3) is 0.152. The number of benzene rings is 2. The maximum absolute atomic E-state index is 14.9. The van der Waals surface area contributed by atoms with E-state index in [0.717, 1.165) is 17.4 Å². The molecule has 222 valence electrons. The number of hydrogen-bond donors (Lipinski definition) is 1. The second-order valence-electron chi connectivity index (χ2n) is 10.3. The molecule has 0 aliphatic carbocycles. The number of carboxylic acids is 1. The molecule has 0 saturated heterocycles. The minimum Gasteiger partial charge on any atom is -0.477 e. The number of rotatable bonds is 8. The Bertz CT molecular complexity index is 1750. The van der Waals surface area contributed by atoms with Crippen LogP contribution in [0.2, 0.25) is 0 Å². The molecule has 0 spiro atoms. The second kappa shape index (κ2) is 12.8. The van der Waals surface area contributed by atoms with Gasteiger partial charge in [-0.15, -0.1) is 6.07 Å². The van der Waals surface area contributed by atoms with Gasteiger partial charge in [0.15, 0.2) is 5.69 Å². The first kappa shape index (κ1) is 31.4. The molecule has 0 fully saturated rings. The van der Waals surface area contributed by atoms with E-state index in [1.807, 2.05) is 111 Å². The van der Waals surface area contributed by atoms with Crippen molar-refractivity contribution in [2.45, 2.75) is 19.3 Å². The molecule has 0 bridgehead atoms. The van der Waals surface area contributed by atoms with Gasteiger partial charge in [-0.05, 0) is 62.0 Å². The molecule has 3 aromatic heterocycles. The van der Waals surface area contributed by atoms with Crippen molar-refractivity contribution in [2.24, 2.45) is 0 Å². The number of aromatic carboxylic acids is 1. The number of carboxylic acid groups (broad SMARTS) is 1. The Morgan fingerprint density at radius 1 is 0.767 bits per heavy atom. The van der Waals surface area contributed by atoms with Gasteiger partial charge in [-0.1, -0.05) is 54.1 Å². The first-order valence-corrected chi connectivity index (χ1v) is 13.1. The van der Waals surface area contributed by atoms with Gasteiger partial charge in [-0.2, -0.15) is 0 Å². The molecule has 43 heavy (non-hydrogen) atoms. The predicted octanol–water partition coefficient (Wildman–Crippen LogP) is 7.17. The van der Waals surface area contributed by atoms with Gasteiger partial charge in [0.1, 0.15) is 11.9 Å². The van der Waals surface area contributed by atoms with E-state index in [1.165, 1.54) is 6.07 Å². The van der Waals surface area contributed by atoms with Crippen LogP contribution in [0.15, 0.2) is 91.0 Å². The average molecular weight is 760 g/mol. The van der Waals surface area contributed by atoms with Crippen molar-refractivity contribution < 1.29 is 39.7 Å². The summed E-state index contributed by atoms with van der Waals surface area (Å²) in [6.07, 6.45) is 0. The Morgan fingerprint density at radius 3 is 1.79 bits per heavy atom. The number of anilines is 4. The minimum atomic E-state index is -1.17. The standard InChI is InChI=1S/C33H28F2N5O2.Pt/c1-33(2,29-20-24(18-27(37-29)32(41)42)40(4)22-13-9-6-10-14-22)28-19-23(39(3)21-11-7-5-8-12-21)17-26(36-28)25-15-16-30(34)38-31(25)35;/h5-14,16-20H,1-4H3,(H,41,42);/q-1;. The van der Waals surface area contributed by atoms with E-state index in [0.29, 0.717) is 22.8 Å². The number of pyridine rings is 3. The Labute approximate surface area is 263 Å². The fourth-order valence-corrected chi connectivity index (χ4v) is 4.58. The Kier molecular flexibility index (Phi) is 9.36. The molecule has 0 saturated carbocycles. The molecule has 0 aliphatic heterocycles. The quantitative estimate of drug-likeness (QED) is 0.133. The van der Waals surface area contributed by atoms with Crippen molar-refractivity contribution >= 4 is 28.7 Å². The predicted molar refractivity (Wildman–Crippen MR) is 159 cm³/mol. The summed E-state index contributed by atoms with van der Waals surface area (Å²) >= 11 is 0. The third-order valence-electron chi connectivity index (χ3n) is 7.18. The molecule has 10 heteroatoms. The molecule has 2 aromatic carbocycles. The van der Waals surface area contributed by atoms with E-state index < -0.39 is 23.3 Å². The third kappa shape index (κ3) is 6.62. The summed E-state index contributed by atoms with van der Waals surface area (Å²) in [5, 5.41) is 9.92. The first-order chi connectivity index (χ1) is 20.0. The van der Waals surface area contributed by atoms with Crippen LogP contribution in [0.5, 0.6) is 0 Å². The van der Waals surface area contributed by atoms with Gasteiger partial charge in [-0.25, -0.2) is 18.6 Å². The van der Waals surface area contributed by atoms with Gasteiger partial charge in [0.25, 0.3) is 0 Å². The third-order valence-corrected chi connectivity index (χ3v) is 7.18. The number of hydrogen-bond acceptors (Lipinski definition) is 6. The van der Waals surface area contributed by atoms with Gasteiger partial charge < -0.3 is 19.9 Å². The van der Waals surface area contributed by atoms with Crippen LogP contribution in [-0.4, -0.2) is 40.1 Å². The van der Waals surface area contributed by atoms with Crippen molar-refractivity contribution in [1.82, 2.24) is 15.0 Å². The molecule has 5 rings (SSSR count). The Morgan fingerprint density at radius 2 is 1.28 bits per heavy atom. The van der Waals surface area contributed by atoms with Crippen LogP contribution in [0.25, 0.3) is 11.3 Å². The SMILES string of the molecule is CN(c1ccccc1)c1cc(C(=O)O)nc(C(C)(C)c2cc(N(C)c3ccccc3)cc(-c3[c-]cc(F)nc3F)n2)c1.[Pt]. The smallest absolute Gasteiger partial charge is 0.354 e. The van der Waals surface area contributed by atoms with E-state index in [1.54, 1.807) is 6.07 Å². The first-order valence-electron chi connectivity index (χ1n) is 13.1. The normalized spacial score (nSPS) is 11.0. The van der Waals surface area contributed by atoms with Crippen molar-refractivity contribution in [3.8, 4) is 11.3 Å². The maximum Gasteiger partial charge on any atom is 0.354 e. The zero-order valence-corrected chi connectivity index (χ0v) is 26.1. The van der Waals surface area contributed by atoms with E-state index in [9.17, 15) is 18.7 Å². The Balaban J connectivity index is 0.00000423. The minimum absolute atomic E-state index is 0. The van der Waals surface area contributed by atoms with Crippen LogP contribution in [0.1, 0.15) is 35.7 Å². The molecule has 7 nitrogen and oxygen atoms in total. The van der Waals surface area contributed by atoms with Gasteiger partial charge in [0, 0.05) is 69.0 Å². The zero-order chi connectivity index (χ0) is 30.0. The molecule has 3 heterocycles. The van der Waals surface area contributed by atoms with E-state index in [-0.39, 0.29) is 38.0 Å². The zero-order valence-electron chi connectivity index (χ0n) is 23.8. The maximum atomic E-state index is 14.9. The number of para-hydroxylation sites is 2. The summed E-state index contributed by atoms with van der Waals surface area (Å²) in [4.78, 5) is 28.5. The fourth-order valence-electron chi connectivity index (χ4n) is 4.58. The van der Waals surface area contributed by atoms with E-state index in [2.05, 4.69) is 16.0 Å². The van der Waals surface area contributed by atoms with Crippen molar-refractivity contribution in [2.75, 3.05) is 23.9 Å². The van der Waals surface area contributed by atoms with Crippen molar-refractivity contribution in [1.29, 1.82) is 0 Å². The molecule has 0 amide bonds. The average Bonchev–Trinajstić information content (AvgIpc) is 3.00. The van der Waals surface area contributed by atoms with E-state index >= 15 is 0 Å². The molecule has 1 N–H and O–H groups in total. The number of nitrogens with zero attached hydrogens (tertiary/aromatic N) is 5. The van der Waals surface area contributed by atoms with Crippen LogP contribution in [0, 0.1) is 18.0 Å². The summed E-state index contributed by atoms with van der Waals surface area (Å²) < 4.78 is 28.5. The van der Waals surface area contributed by atoms with Crippen LogP contribution in [-0.2, 0) is 26.5 Å². The molecule has 0 atom stereocenters. The molecular formula is C33H28F2N5O2Pt-. The summed E-state index contributed by atoms with van der Waals surface area (Å²) in [5.74, 6) is -3.20. The number of aromatic nitrogens is 3. The molecule has 0 aliphatic rings. The molecule has 5 aromatic rings. The summed E-state index contributed by atoms with van der Waals surface area (Å²) in [6.45, 7) is 3.74. The molecule has 0 radical (unpaired) electrons. The second-order valence-corrected chi connectivity index (χ2v) is 10.3. The van der Waals surface area contributed by atoms with Crippen LogP contribution in [0.4, 0.5) is 31.5 Å². The van der Waals surface area contributed by atoms with Gasteiger partial charge in [0.2, 0.25) is 0 Å². The Hall–Kier alpha value is -4.49. The molecular weight excluding hydrogens is 731 g/mol. The summed E-state index contributed by atoms with van der Waals surface area (Å²) in [7, 11) is 3.71. The van der Waals surface area contributed by atoms with Gasteiger partial charge >= 0.3 is 5.97 Å². The molecule has 0 unspecified atom stereocenters. The van der Waals surface area contributed by atoms with Crippen LogP contribution in [0.3, 0.4) is 0 Å². The van der Waals surface area contributed by atoms with Gasteiger partial charge in [-0.3, -0.25) is 4.98 Å². The topological polar surface area (TPSA) is 82.5 Å². The number of carbonyl (C=O) groups is 1. The number of halogens is 2. The summed E-state index contributed by atoms with van der Waals surface area (Å²) in [5.41, 5.74) is 2.98. The van der Waals surface area contributed by atoms with Crippen LogP contribution < -0.4 is 9.80 Å². The van der Waals surface area contributed by atoms with Gasteiger partial charge in [0.05, 0.1) is 5.69 Å². The largest absolute Gasteiger partial charge is 0.477 e. The van der Waals surface area contributed by atoms with Crippen molar-refractivity contribution in [3.05, 3.63) is 126 Å². The van der Waals surface area contributed by atoms with Crippen molar-refractivity contribution in [3.63, 3.8) is 0 Å².